The van der Waals surface area contributed by atoms with E-state index < -0.39 is 11.1 Å². The lowest BCUT2D eigenvalue weighted by molar-refractivity contribution is -0.131. The summed E-state index contributed by atoms with van der Waals surface area (Å²) in [5.41, 5.74) is -1.34. The van der Waals surface area contributed by atoms with Gasteiger partial charge in [0, 0.05) is 30.4 Å². The standard InChI is InChI=1S/C18H20N4O3S/c23-14(12-3-4-12)20-7-5-18(11-20)6-8-21-15(24)16(25)22(19-17(18)21)10-13-2-1-9-26-13/h1-2,9,12H,3-8,10-11H2/t18-/m0/s1. The monoisotopic (exact) mass is 372 g/mol. The molecule has 0 N–H and O–H groups in total. The Bertz CT molecular complexity index is 989. The number of rotatable bonds is 3. The molecule has 8 heteroatoms. The molecule has 4 heterocycles. The van der Waals surface area contributed by atoms with E-state index in [1.54, 1.807) is 15.9 Å². The van der Waals surface area contributed by atoms with E-state index >= 15 is 0 Å². The van der Waals surface area contributed by atoms with Crippen LogP contribution in [-0.2, 0) is 23.3 Å². The number of carbonyl (C=O) groups is 1. The minimum Gasteiger partial charge on any atom is -0.341 e. The van der Waals surface area contributed by atoms with Crippen molar-refractivity contribution in [2.75, 3.05) is 13.1 Å². The Morgan fingerprint density at radius 1 is 1.23 bits per heavy atom. The third-order valence-corrected chi connectivity index (χ3v) is 6.76. The first-order valence-corrected chi connectivity index (χ1v) is 9.99. The summed E-state index contributed by atoms with van der Waals surface area (Å²) in [6.07, 6.45) is 3.58. The lowest BCUT2D eigenvalue weighted by atomic mass is 9.85. The molecule has 0 bridgehead atoms. The fourth-order valence-corrected chi connectivity index (χ4v) is 4.95. The molecule has 2 aromatic heterocycles. The van der Waals surface area contributed by atoms with Crippen LogP contribution < -0.4 is 11.1 Å². The topological polar surface area (TPSA) is 77.2 Å². The Kier molecular flexibility index (Phi) is 3.47. The van der Waals surface area contributed by atoms with Gasteiger partial charge in [-0.1, -0.05) is 6.07 Å². The molecule has 26 heavy (non-hydrogen) atoms. The maximum Gasteiger partial charge on any atom is 0.332 e. The van der Waals surface area contributed by atoms with E-state index in [1.165, 1.54) is 4.68 Å². The maximum absolute atomic E-state index is 12.6. The molecule has 1 saturated carbocycles. The molecular formula is C18H20N4O3S. The predicted octanol–water partition coefficient (Wildman–Crippen LogP) is 0.799. The van der Waals surface area contributed by atoms with Crippen molar-refractivity contribution in [1.29, 1.82) is 0 Å². The van der Waals surface area contributed by atoms with Crippen LogP contribution in [0.2, 0.25) is 0 Å². The molecular weight excluding hydrogens is 352 g/mol. The fourth-order valence-electron chi connectivity index (χ4n) is 4.27. The zero-order valence-electron chi connectivity index (χ0n) is 14.4. The molecule has 2 aliphatic heterocycles. The average molecular weight is 372 g/mol. The highest BCUT2D eigenvalue weighted by Crippen LogP contribution is 2.42. The summed E-state index contributed by atoms with van der Waals surface area (Å²) in [5.74, 6) is 1.13. The predicted molar refractivity (Wildman–Crippen MR) is 96.4 cm³/mol. The van der Waals surface area contributed by atoms with Gasteiger partial charge in [-0.15, -0.1) is 11.3 Å². The van der Waals surface area contributed by atoms with Crippen molar-refractivity contribution in [3.05, 3.63) is 48.9 Å². The second-order valence-corrected chi connectivity index (χ2v) is 8.67. The second-order valence-electron chi connectivity index (χ2n) is 7.64. The lowest BCUT2D eigenvalue weighted by Gasteiger charge is -2.23. The number of fused-ring (bicyclic) bond motifs is 2. The summed E-state index contributed by atoms with van der Waals surface area (Å²) in [7, 11) is 0. The van der Waals surface area contributed by atoms with Crippen molar-refractivity contribution in [3.63, 3.8) is 0 Å². The van der Waals surface area contributed by atoms with Crippen LogP contribution in [0.25, 0.3) is 0 Å². The van der Waals surface area contributed by atoms with Crippen LogP contribution in [0.5, 0.6) is 0 Å². The molecule has 1 atom stereocenters. The smallest absolute Gasteiger partial charge is 0.332 e. The number of carbonyl (C=O) groups excluding carboxylic acids is 1. The summed E-state index contributed by atoms with van der Waals surface area (Å²) in [6.45, 7) is 2.17. The first-order chi connectivity index (χ1) is 12.6. The third-order valence-electron chi connectivity index (χ3n) is 5.90. The van der Waals surface area contributed by atoms with Crippen LogP contribution in [0.15, 0.2) is 27.1 Å². The quantitative estimate of drug-likeness (QED) is 0.747. The van der Waals surface area contributed by atoms with Gasteiger partial charge >= 0.3 is 11.1 Å². The molecule has 0 aromatic carbocycles. The maximum atomic E-state index is 12.6. The summed E-state index contributed by atoms with van der Waals surface area (Å²) in [5, 5.41) is 6.56. The van der Waals surface area contributed by atoms with Crippen LogP contribution in [0.4, 0.5) is 0 Å². The molecule has 1 aliphatic carbocycles. The van der Waals surface area contributed by atoms with E-state index in [0.29, 0.717) is 25.5 Å². The van der Waals surface area contributed by atoms with Crippen LogP contribution in [0.3, 0.4) is 0 Å². The van der Waals surface area contributed by atoms with Gasteiger partial charge in [-0.25, -0.2) is 4.68 Å². The minimum absolute atomic E-state index is 0.203. The zero-order chi connectivity index (χ0) is 17.9. The first kappa shape index (κ1) is 16.0. The molecule has 1 spiro atoms. The zero-order valence-corrected chi connectivity index (χ0v) is 15.2. The minimum atomic E-state index is -0.567. The molecule has 3 aliphatic rings. The van der Waals surface area contributed by atoms with Crippen molar-refractivity contribution in [2.45, 2.75) is 44.2 Å². The SMILES string of the molecule is O=C(C1CC1)N1CC[C@]2(CCn3c2nn(Cc2cccs2)c(=O)c3=O)C1. The van der Waals surface area contributed by atoms with Gasteiger partial charge in [0.2, 0.25) is 5.91 Å². The molecule has 136 valence electrons. The third kappa shape index (κ3) is 2.39. The number of aromatic nitrogens is 3. The number of amides is 1. The summed E-state index contributed by atoms with van der Waals surface area (Å²) >= 11 is 1.54. The molecule has 2 fully saturated rings. The van der Waals surface area contributed by atoms with E-state index in [4.69, 9.17) is 0 Å². The molecule has 2 aromatic rings. The first-order valence-electron chi connectivity index (χ1n) is 9.11. The van der Waals surface area contributed by atoms with E-state index in [-0.39, 0.29) is 17.2 Å². The Morgan fingerprint density at radius 3 is 2.77 bits per heavy atom. The van der Waals surface area contributed by atoms with Gasteiger partial charge in [-0.2, -0.15) is 5.10 Å². The summed E-state index contributed by atoms with van der Waals surface area (Å²) < 4.78 is 2.84. The highest BCUT2D eigenvalue weighted by atomic mass is 32.1. The molecule has 1 amide bonds. The van der Waals surface area contributed by atoms with Gasteiger partial charge in [0.15, 0.2) is 0 Å². The average Bonchev–Trinajstić information content (AvgIpc) is 3.05. The Hall–Kier alpha value is -2.22. The largest absolute Gasteiger partial charge is 0.341 e. The molecule has 1 saturated heterocycles. The highest BCUT2D eigenvalue weighted by molar-refractivity contribution is 7.09. The lowest BCUT2D eigenvalue weighted by Crippen LogP contribution is -2.45. The van der Waals surface area contributed by atoms with Gasteiger partial charge < -0.3 is 4.90 Å². The number of nitrogens with zero attached hydrogens (tertiary/aromatic N) is 4. The number of hydrogen-bond acceptors (Lipinski definition) is 5. The van der Waals surface area contributed by atoms with E-state index in [0.717, 1.165) is 37.1 Å². The van der Waals surface area contributed by atoms with Crippen molar-refractivity contribution in [3.8, 4) is 0 Å². The Labute approximate surface area is 153 Å². The highest BCUT2D eigenvalue weighted by Gasteiger charge is 2.49. The summed E-state index contributed by atoms with van der Waals surface area (Å²) in [6, 6.07) is 3.86. The van der Waals surface area contributed by atoms with E-state index in [1.807, 2.05) is 22.4 Å². The van der Waals surface area contributed by atoms with Crippen LogP contribution >= 0.6 is 11.3 Å². The fraction of sp³-hybridized carbons (Fsp3) is 0.556. The van der Waals surface area contributed by atoms with Crippen molar-refractivity contribution >= 4 is 17.2 Å². The number of likely N-dealkylation sites (tertiary alicyclic amines) is 1. The number of thiophene rings is 1. The molecule has 7 nitrogen and oxygen atoms in total. The van der Waals surface area contributed by atoms with Gasteiger partial charge in [0.25, 0.3) is 0 Å². The Balaban J connectivity index is 1.52. The molecule has 0 unspecified atom stereocenters. The van der Waals surface area contributed by atoms with Crippen LogP contribution in [0.1, 0.15) is 36.4 Å². The van der Waals surface area contributed by atoms with Crippen LogP contribution in [0, 0.1) is 5.92 Å². The van der Waals surface area contributed by atoms with Crippen LogP contribution in [-0.4, -0.2) is 38.2 Å². The molecule has 0 radical (unpaired) electrons. The van der Waals surface area contributed by atoms with E-state index in [2.05, 4.69) is 5.10 Å². The van der Waals surface area contributed by atoms with Crippen molar-refractivity contribution in [2.24, 2.45) is 5.92 Å². The van der Waals surface area contributed by atoms with Gasteiger partial charge in [-0.05, 0) is 37.1 Å². The Morgan fingerprint density at radius 2 is 2.04 bits per heavy atom. The van der Waals surface area contributed by atoms with Crippen molar-refractivity contribution < 1.29 is 4.79 Å². The number of hydrogen-bond donors (Lipinski definition) is 0. The second kappa shape index (κ2) is 5.64. The van der Waals surface area contributed by atoms with Gasteiger partial charge in [0.05, 0.1) is 12.0 Å². The molecule has 5 rings (SSSR count). The summed E-state index contributed by atoms with van der Waals surface area (Å²) in [4.78, 5) is 40.4. The normalized spacial score (nSPS) is 24.4. The van der Waals surface area contributed by atoms with Gasteiger partial charge in [0.1, 0.15) is 5.82 Å². The van der Waals surface area contributed by atoms with Crippen molar-refractivity contribution in [1.82, 2.24) is 19.2 Å². The van der Waals surface area contributed by atoms with E-state index in [9.17, 15) is 14.4 Å². The van der Waals surface area contributed by atoms with Gasteiger partial charge in [-0.3, -0.25) is 19.0 Å².